The number of benzene rings is 1. The monoisotopic (exact) mass is 389 g/mol. The molecule has 4 rings (SSSR count). The lowest BCUT2D eigenvalue weighted by Crippen LogP contribution is -2.47. The van der Waals surface area contributed by atoms with Gasteiger partial charge in [-0.3, -0.25) is 4.79 Å². The smallest absolute Gasteiger partial charge is 0.341 e. The van der Waals surface area contributed by atoms with Gasteiger partial charge in [0.2, 0.25) is 5.43 Å². The van der Waals surface area contributed by atoms with Crippen molar-refractivity contribution in [1.82, 2.24) is 9.88 Å². The van der Waals surface area contributed by atoms with Gasteiger partial charge in [0, 0.05) is 36.8 Å². The van der Waals surface area contributed by atoms with Gasteiger partial charge in [0.05, 0.1) is 30.0 Å². The van der Waals surface area contributed by atoms with E-state index < -0.39 is 22.8 Å². The number of halogens is 1. The summed E-state index contributed by atoms with van der Waals surface area (Å²) in [5.74, 6) is -1.85. The minimum atomic E-state index is -1.32. The number of anilines is 1. The second-order valence-corrected chi connectivity index (χ2v) is 8.41. The number of carbonyl (C=O) groups is 1. The molecule has 2 unspecified atom stereocenters. The molecule has 0 spiro atoms. The minimum absolute atomic E-state index is 0.00282. The van der Waals surface area contributed by atoms with Crippen LogP contribution in [0.25, 0.3) is 10.9 Å². The summed E-state index contributed by atoms with van der Waals surface area (Å²) in [6.45, 7) is 8.32. The number of carboxylic acids is 1. The van der Waals surface area contributed by atoms with Gasteiger partial charge >= 0.3 is 5.97 Å². The number of rotatable bonds is 2. The molecule has 0 saturated carbocycles. The Hall–Kier alpha value is -2.45. The fraction of sp³-hybridized carbons (Fsp3) is 0.500. The van der Waals surface area contributed by atoms with E-state index in [0.717, 1.165) is 12.6 Å². The van der Waals surface area contributed by atoms with Crippen molar-refractivity contribution in [3.8, 4) is 0 Å². The standard InChI is InChI=1S/C20H24FN3O4/c1-20(2,3)24-8-12(19(26)27)18(25)11-6-13(21)16(7-15(11)24)23-9-14-17(10-23)28-5-4-22-14/h6-8,14,17,22H,4-5,9-10H2,1-3H3,(H,26,27). The molecule has 2 aliphatic heterocycles. The molecule has 2 aliphatic rings. The fourth-order valence-corrected chi connectivity index (χ4v) is 4.07. The van der Waals surface area contributed by atoms with Gasteiger partial charge in [0.15, 0.2) is 0 Å². The third-order valence-corrected chi connectivity index (χ3v) is 5.47. The first kappa shape index (κ1) is 18.9. The predicted molar refractivity (Wildman–Crippen MR) is 104 cm³/mol. The van der Waals surface area contributed by atoms with Gasteiger partial charge < -0.3 is 24.6 Å². The van der Waals surface area contributed by atoms with Gasteiger partial charge in [-0.2, -0.15) is 0 Å². The average Bonchev–Trinajstić information content (AvgIpc) is 3.04. The van der Waals surface area contributed by atoms with Crippen molar-refractivity contribution in [2.24, 2.45) is 0 Å². The number of aromatic nitrogens is 1. The number of pyridine rings is 1. The largest absolute Gasteiger partial charge is 0.477 e. The SMILES string of the molecule is CC(C)(C)n1cc(C(=O)O)c(=O)c2cc(F)c(N3CC4NCCOC4C3)cc21. The summed E-state index contributed by atoms with van der Waals surface area (Å²) in [4.78, 5) is 26.1. The van der Waals surface area contributed by atoms with E-state index in [0.29, 0.717) is 30.9 Å². The highest BCUT2D eigenvalue weighted by atomic mass is 19.1. The number of nitrogens with one attached hydrogen (secondary N) is 1. The molecule has 2 fully saturated rings. The topological polar surface area (TPSA) is 83.8 Å². The molecular formula is C20H24FN3O4. The summed E-state index contributed by atoms with van der Waals surface area (Å²) in [7, 11) is 0. The number of aromatic carboxylic acids is 1. The van der Waals surface area contributed by atoms with Crippen molar-refractivity contribution >= 4 is 22.6 Å². The Labute approximate surface area is 161 Å². The van der Waals surface area contributed by atoms with Crippen LogP contribution in [0.1, 0.15) is 31.1 Å². The Kier molecular flexibility index (Phi) is 4.43. The second kappa shape index (κ2) is 6.56. The fourth-order valence-electron chi connectivity index (χ4n) is 4.07. The quantitative estimate of drug-likeness (QED) is 0.815. The number of fused-ring (bicyclic) bond motifs is 2. The molecule has 1 aromatic carbocycles. The highest BCUT2D eigenvalue weighted by Crippen LogP contribution is 2.31. The molecule has 1 aromatic heterocycles. The third-order valence-electron chi connectivity index (χ3n) is 5.47. The first-order valence-corrected chi connectivity index (χ1v) is 9.39. The van der Waals surface area contributed by atoms with Crippen LogP contribution in [0.4, 0.5) is 10.1 Å². The van der Waals surface area contributed by atoms with Crippen molar-refractivity contribution in [1.29, 1.82) is 0 Å². The van der Waals surface area contributed by atoms with E-state index in [1.807, 2.05) is 25.7 Å². The molecule has 8 heteroatoms. The lowest BCUT2D eigenvalue weighted by atomic mass is 10.0. The summed E-state index contributed by atoms with van der Waals surface area (Å²) < 4.78 is 22.5. The van der Waals surface area contributed by atoms with Crippen LogP contribution in [0.2, 0.25) is 0 Å². The van der Waals surface area contributed by atoms with Crippen LogP contribution >= 0.6 is 0 Å². The first-order valence-electron chi connectivity index (χ1n) is 9.39. The van der Waals surface area contributed by atoms with Gasteiger partial charge in [-0.15, -0.1) is 0 Å². The van der Waals surface area contributed by atoms with Gasteiger partial charge in [-0.1, -0.05) is 0 Å². The van der Waals surface area contributed by atoms with Crippen molar-refractivity contribution < 1.29 is 19.0 Å². The molecule has 0 bridgehead atoms. The minimum Gasteiger partial charge on any atom is -0.477 e. The summed E-state index contributed by atoms with van der Waals surface area (Å²) >= 11 is 0. The van der Waals surface area contributed by atoms with Crippen molar-refractivity contribution in [2.75, 3.05) is 31.1 Å². The Morgan fingerprint density at radius 2 is 2.07 bits per heavy atom. The summed E-state index contributed by atoms with van der Waals surface area (Å²) in [6.07, 6.45) is 1.35. The molecule has 150 valence electrons. The molecule has 2 aromatic rings. The molecular weight excluding hydrogens is 365 g/mol. The van der Waals surface area contributed by atoms with Gasteiger partial charge in [0.1, 0.15) is 11.4 Å². The predicted octanol–water partition coefficient (Wildman–Crippen LogP) is 1.77. The maximum Gasteiger partial charge on any atom is 0.341 e. The Bertz CT molecular complexity index is 997. The van der Waals surface area contributed by atoms with Crippen molar-refractivity contribution in [3.05, 3.63) is 39.9 Å². The highest BCUT2D eigenvalue weighted by Gasteiger charge is 2.36. The summed E-state index contributed by atoms with van der Waals surface area (Å²) in [6, 6.07) is 2.96. The maximum atomic E-state index is 15.0. The zero-order valence-electron chi connectivity index (χ0n) is 16.2. The molecule has 2 N–H and O–H groups in total. The van der Waals surface area contributed by atoms with Crippen LogP contribution in [-0.4, -0.2) is 54.0 Å². The zero-order valence-corrected chi connectivity index (χ0v) is 16.2. The van der Waals surface area contributed by atoms with Gasteiger partial charge in [-0.05, 0) is 32.9 Å². The Morgan fingerprint density at radius 3 is 2.71 bits per heavy atom. The molecule has 0 radical (unpaired) electrons. The zero-order chi connectivity index (χ0) is 20.2. The number of morpholine rings is 1. The number of hydrogen-bond acceptors (Lipinski definition) is 5. The normalized spacial score (nSPS) is 22.5. The second-order valence-electron chi connectivity index (χ2n) is 8.41. The van der Waals surface area contributed by atoms with Crippen molar-refractivity contribution in [3.63, 3.8) is 0 Å². The maximum absolute atomic E-state index is 15.0. The average molecular weight is 389 g/mol. The number of hydrogen-bond donors (Lipinski definition) is 2. The van der Waals surface area contributed by atoms with Crippen LogP contribution in [0.5, 0.6) is 0 Å². The number of nitrogens with zero attached hydrogens (tertiary/aromatic N) is 2. The molecule has 28 heavy (non-hydrogen) atoms. The molecule has 7 nitrogen and oxygen atoms in total. The van der Waals surface area contributed by atoms with E-state index in [9.17, 15) is 19.1 Å². The van der Waals surface area contributed by atoms with E-state index in [2.05, 4.69) is 5.32 Å². The van der Waals surface area contributed by atoms with Crippen LogP contribution in [0.3, 0.4) is 0 Å². The van der Waals surface area contributed by atoms with E-state index in [1.165, 1.54) is 6.20 Å². The van der Waals surface area contributed by atoms with E-state index in [1.54, 1.807) is 10.6 Å². The van der Waals surface area contributed by atoms with Crippen LogP contribution < -0.4 is 15.6 Å². The summed E-state index contributed by atoms with van der Waals surface area (Å²) in [5.41, 5.74) is -0.613. The molecule has 0 amide bonds. The molecule has 0 aliphatic carbocycles. The van der Waals surface area contributed by atoms with Crippen LogP contribution in [0.15, 0.2) is 23.1 Å². The van der Waals surface area contributed by atoms with Crippen LogP contribution in [-0.2, 0) is 10.3 Å². The Morgan fingerprint density at radius 1 is 1.32 bits per heavy atom. The van der Waals surface area contributed by atoms with E-state index in [4.69, 9.17) is 4.74 Å². The Balaban J connectivity index is 1.89. The van der Waals surface area contributed by atoms with Crippen LogP contribution in [0, 0.1) is 5.82 Å². The molecule has 2 atom stereocenters. The van der Waals surface area contributed by atoms with E-state index >= 15 is 0 Å². The molecule has 2 saturated heterocycles. The summed E-state index contributed by atoms with van der Waals surface area (Å²) in [5, 5.41) is 12.9. The first-order chi connectivity index (χ1) is 13.2. The lowest BCUT2D eigenvalue weighted by Gasteiger charge is -2.27. The highest BCUT2D eigenvalue weighted by molar-refractivity contribution is 5.93. The number of carboxylic acid groups (broad SMARTS) is 1. The van der Waals surface area contributed by atoms with Crippen molar-refractivity contribution in [2.45, 2.75) is 38.5 Å². The molecule has 3 heterocycles. The van der Waals surface area contributed by atoms with Gasteiger partial charge in [0.25, 0.3) is 0 Å². The third kappa shape index (κ3) is 3.06. The van der Waals surface area contributed by atoms with Gasteiger partial charge in [-0.25, -0.2) is 9.18 Å². The lowest BCUT2D eigenvalue weighted by molar-refractivity contribution is 0.0212. The van der Waals surface area contributed by atoms with E-state index in [-0.39, 0.29) is 23.1 Å². The number of ether oxygens (including phenoxy) is 1.